The van der Waals surface area contributed by atoms with E-state index in [9.17, 15) is 19.4 Å². The molecule has 0 radical (unpaired) electrons. The van der Waals surface area contributed by atoms with Crippen LogP contribution in [0.25, 0.3) is 0 Å². The molecule has 0 bridgehead atoms. The van der Waals surface area contributed by atoms with Crippen LogP contribution in [-0.4, -0.2) is 34.2 Å². The van der Waals surface area contributed by atoms with Gasteiger partial charge in [0, 0.05) is 17.6 Å². The minimum Gasteiger partial charge on any atom is -0.392 e. The van der Waals surface area contributed by atoms with E-state index in [-0.39, 0.29) is 11.6 Å². The minimum absolute atomic E-state index is 0.113. The van der Waals surface area contributed by atoms with Crippen LogP contribution in [-0.2, 0) is 11.4 Å². The first-order chi connectivity index (χ1) is 8.79. The number of amides is 1. The zero-order chi connectivity index (χ0) is 14.7. The Balaban J connectivity index is 3.18. The smallest absolute Gasteiger partial charge is 0.251 e. The number of aliphatic hydroxyl groups is 2. The third kappa shape index (κ3) is 3.43. The van der Waals surface area contributed by atoms with Gasteiger partial charge in [0.25, 0.3) is 5.91 Å². The van der Waals surface area contributed by atoms with Crippen molar-refractivity contribution in [2.45, 2.75) is 32.6 Å². The molecule has 1 aromatic rings. The maximum absolute atomic E-state index is 13.4. The van der Waals surface area contributed by atoms with E-state index in [0.29, 0.717) is 11.1 Å². The fourth-order valence-corrected chi connectivity index (χ4v) is 2.13. The van der Waals surface area contributed by atoms with E-state index in [1.807, 2.05) is 0 Å². The first kappa shape index (κ1) is 15.9. The third-order valence-electron chi connectivity index (χ3n) is 3.09. The summed E-state index contributed by atoms with van der Waals surface area (Å²) in [4.78, 5) is 13.0. The van der Waals surface area contributed by atoms with Crippen LogP contribution in [0.3, 0.4) is 0 Å². The van der Waals surface area contributed by atoms with E-state index < -0.39 is 23.9 Å². The largest absolute Gasteiger partial charge is 0.392 e. The highest BCUT2D eigenvalue weighted by molar-refractivity contribution is 6.31. The second-order valence-electron chi connectivity index (χ2n) is 4.41. The summed E-state index contributed by atoms with van der Waals surface area (Å²) in [6, 6.07) is 1.82. The van der Waals surface area contributed by atoms with E-state index >= 15 is 0 Å². The fraction of sp³-hybridized carbons (Fsp3) is 0.462. The number of carbonyl (C=O) groups excluding carboxylic acids is 1. The van der Waals surface area contributed by atoms with Crippen LogP contribution in [0.1, 0.15) is 31.0 Å². The van der Waals surface area contributed by atoms with E-state index in [1.54, 1.807) is 6.92 Å². The lowest BCUT2D eigenvalue weighted by Crippen LogP contribution is -2.36. The number of carbonyl (C=O) groups is 1. The van der Waals surface area contributed by atoms with Gasteiger partial charge in [0.05, 0.1) is 12.6 Å². The molecule has 106 valence electrons. The molecule has 0 spiro atoms. The molecule has 0 aromatic heterocycles. The quantitative estimate of drug-likeness (QED) is 0.889. The zero-order valence-corrected chi connectivity index (χ0v) is 11.8. The molecule has 4 nitrogen and oxygen atoms in total. The van der Waals surface area contributed by atoms with Crippen molar-refractivity contribution in [2.24, 2.45) is 0 Å². The molecule has 0 unspecified atom stereocenters. The summed E-state index contributed by atoms with van der Waals surface area (Å²) in [7, 11) is 1.50. The lowest BCUT2D eigenvalue weighted by Gasteiger charge is -2.28. The average molecular weight is 290 g/mol. The predicted molar refractivity (Wildman–Crippen MR) is 70.2 cm³/mol. The molecule has 0 saturated heterocycles. The van der Waals surface area contributed by atoms with Crippen LogP contribution in [0.4, 0.5) is 4.39 Å². The first-order valence-electron chi connectivity index (χ1n) is 5.83. The highest BCUT2D eigenvalue weighted by Crippen LogP contribution is 2.29. The number of hydrogen-bond acceptors (Lipinski definition) is 3. The first-order valence-corrected chi connectivity index (χ1v) is 6.20. The Hall–Kier alpha value is -1.17. The van der Waals surface area contributed by atoms with Gasteiger partial charge in [0.1, 0.15) is 11.9 Å². The van der Waals surface area contributed by atoms with Gasteiger partial charge in [-0.15, -0.1) is 0 Å². The Bertz CT molecular complexity index is 479. The molecule has 0 aliphatic rings. The molecule has 0 heterocycles. The number of likely N-dealkylation sites (N-methyl/N-ethyl adjacent to an activating group) is 1. The van der Waals surface area contributed by atoms with Gasteiger partial charge in [-0.25, -0.2) is 4.39 Å². The number of rotatable bonds is 4. The van der Waals surface area contributed by atoms with Gasteiger partial charge in [-0.2, -0.15) is 0 Å². The van der Waals surface area contributed by atoms with Crippen LogP contribution in [0.2, 0.25) is 5.02 Å². The van der Waals surface area contributed by atoms with Crippen molar-refractivity contribution >= 4 is 17.5 Å². The van der Waals surface area contributed by atoms with Crippen molar-refractivity contribution in [3.63, 3.8) is 0 Å². The molecule has 0 saturated carbocycles. The number of benzene rings is 1. The van der Waals surface area contributed by atoms with Crippen LogP contribution in [0.5, 0.6) is 0 Å². The van der Waals surface area contributed by atoms with Crippen molar-refractivity contribution in [1.82, 2.24) is 4.90 Å². The number of halogens is 2. The third-order valence-corrected chi connectivity index (χ3v) is 3.43. The van der Waals surface area contributed by atoms with Gasteiger partial charge in [-0.3, -0.25) is 4.79 Å². The van der Waals surface area contributed by atoms with E-state index in [2.05, 4.69) is 0 Å². The summed E-state index contributed by atoms with van der Waals surface area (Å²) in [5.74, 6) is -1.03. The monoisotopic (exact) mass is 289 g/mol. The molecule has 6 heteroatoms. The van der Waals surface area contributed by atoms with Gasteiger partial charge in [-0.05, 0) is 31.5 Å². The molecule has 1 rings (SSSR count). The van der Waals surface area contributed by atoms with E-state index in [4.69, 9.17) is 11.6 Å². The van der Waals surface area contributed by atoms with Crippen molar-refractivity contribution < 1.29 is 19.4 Å². The Morgan fingerprint density at radius 2 is 2.05 bits per heavy atom. The maximum atomic E-state index is 13.4. The Kier molecular flexibility index (Phi) is 5.29. The van der Waals surface area contributed by atoms with Gasteiger partial charge in [-0.1, -0.05) is 11.6 Å². The molecule has 0 aliphatic carbocycles. The summed E-state index contributed by atoms with van der Waals surface area (Å²) in [6.45, 7) is 2.68. The van der Waals surface area contributed by atoms with Gasteiger partial charge >= 0.3 is 0 Å². The predicted octanol–water partition coefficient (Wildman–Crippen LogP) is 1.87. The highest BCUT2D eigenvalue weighted by Gasteiger charge is 2.24. The van der Waals surface area contributed by atoms with Crippen molar-refractivity contribution in [3.8, 4) is 0 Å². The molecular formula is C13H17ClFNO3. The Morgan fingerprint density at radius 3 is 2.53 bits per heavy atom. The van der Waals surface area contributed by atoms with Crippen LogP contribution in [0.15, 0.2) is 12.1 Å². The fourth-order valence-electron chi connectivity index (χ4n) is 1.86. The molecule has 0 aliphatic heterocycles. The van der Waals surface area contributed by atoms with Gasteiger partial charge in [0.15, 0.2) is 0 Å². The normalized spacial score (nSPS) is 14.1. The Morgan fingerprint density at radius 1 is 1.47 bits per heavy atom. The number of hydrogen-bond donors (Lipinski definition) is 2. The van der Waals surface area contributed by atoms with Crippen molar-refractivity contribution in [2.75, 3.05) is 7.05 Å². The zero-order valence-electron chi connectivity index (χ0n) is 11.0. The summed E-state index contributed by atoms with van der Waals surface area (Å²) < 4.78 is 13.4. The van der Waals surface area contributed by atoms with Crippen molar-refractivity contribution in [1.29, 1.82) is 0 Å². The number of nitrogens with zero attached hydrogens (tertiary/aromatic N) is 1. The Labute approximate surface area is 116 Å². The van der Waals surface area contributed by atoms with Gasteiger partial charge < -0.3 is 15.1 Å². The second kappa shape index (κ2) is 6.32. The van der Waals surface area contributed by atoms with E-state index in [0.717, 1.165) is 6.07 Å². The number of aliphatic hydroxyl groups excluding tert-OH is 2. The highest BCUT2D eigenvalue weighted by atomic mass is 35.5. The molecule has 2 atom stereocenters. The van der Waals surface area contributed by atoms with Crippen LogP contribution < -0.4 is 0 Å². The maximum Gasteiger partial charge on any atom is 0.251 e. The van der Waals surface area contributed by atoms with Gasteiger partial charge in [0.2, 0.25) is 0 Å². The second-order valence-corrected chi connectivity index (χ2v) is 4.82. The summed E-state index contributed by atoms with van der Waals surface area (Å²) in [6.07, 6.45) is -1.14. The van der Waals surface area contributed by atoms with Crippen LogP contribution >= 0.6 is 11.6 Å². The summed E-state index contributed by atoms with van der Waals surface area (Å²) in [5.41, 5.74) is 0.796. The molecule has 2 N–H and O–H groups in total. The lowest BCUT2D eigenvalue weighted by molar-refractivity contribution is -0.139. The summed E-state index contributed by atoms with van der Waals surface area (Å²) in [5, 5.41) is 18.7. The van der Waals surface area contributed by atoms with E-state index in [1.165, 1.54) is 24.9 Å². The molecule has 19 heavy (non-hydrogen) atoms. The molecule has 1 aromatic carbocycles. The standard InChI is InChI=1S/C13H17ClFNO3/c1-7(16(3)13(19)8(2)18)10-4-9(15)5-12(14)11(10)6-17/h4-5,7-8,17-18H,6H2,1-3H3/t7-,8-/m0/s1. The summed E-state index contributed by atoms with van der Waals surface area (Å²) >= 11 is 5.87. The molecule has 1 amide bonds. The lowest BCUT2D eigenvalue weighted by atomic mass is 10.00. The van der Waals surface area contributed by atoms with Crippen LogP contribution in [0, 0.1) is 5.82 Å². The minimum atomic E-state index is -1.14. The van der Waals surface area contributed by atoms with Crippen molar-refractivity contribution in [3.05, 3.63) is 34.1 Å². The molecular weight excluding hydrogens is 273 g/mol. The molecule has 0 fully saturated rings. The SMILES string of the molecule is C[C@H](O)C(=O)N(C)[C@@H](C)c1cc(F)cc(Cl)c1CO. The average Bonchev–Trinajstić information content (AvgIpc) is 2.35. The topological polar surface area (TPSA) is 60.8 Å².